The fraction of sp³-hybridized carbons (Fsp3) is 0.440. The minimum absolute atomic E-state index is 0.0610. The molecule has 9 heteroatoms. The second kappa shape index (κ2) is 9.32. The van der Waals surface area contributed by atoms with Crippen molar-refractivity contribution < 1.29 is 8.42 Å². The molecule has 2 heterocycles. The molecule has 0 saturated carbocycles. The molecule has 0 amide bonds. The lowest BCUT2D eigenvalue weighted by molar-refractivity contribution is 0.265. The lowest BCUT2D eigenvalue weighted by atomic mass is 9.87. The molecular weight excluding hydrogens is 470 g/mol. The summed E-state index contributed by atoms with van der Waals surface area (Å²) in [5.41, 5.74) is 2.02. The summed E-state index contributed by atoms with van der Waals surface area (Å²) in [6.07, 6.45) is 2.69. The Morgan fingerprint density at radius 2 is 1.82 bits per heavy atom. The first-order valence-electron chi connectivity index (χ1n) is 11.5. The number of benzene rings is 2. The summed E-state index contributed by atoms with van der Waals surface area (Å²) in [5.74, 6) is 0.596. The summed E-state index contributed by atoms with van der Waals surface area (Å²) < 4.78 is 31.2. The smallest absolute Gasteiger partial charge is 0.261 e. The Bertz CT molecular complexity index is 1260. The van der Waals surface area contributed by atoms with Crippen molar-refractivity contribution in [3.63, 3.8) is 0 Å². The van der Waals surface area contributed by atoms with Gasteiger partial charge >= 0.3 is 0 Å². The third-order valence-electron chi connectivity index (χ3n) is 6.39. The van der Waals surface area contributed by atoms with Gasteiger partial charge in [0.2, 0.25) is 0 Å². The van der Waals surface area contributed by atoms with Crippen LogP contribution in [0.4, 0.5) is 5.69 Å². The molecule has 7 nitrogen and oxygen atoms in total. The fourth-order valence-corrected chi connectivity index (χ4v) is 5.55. The molecule has 1 aliphatic rings. The largest absolute Gasteiger partial charge is 0.309 e. The second-order valence-corrected chi connectivity index (χ2v) is 12.3. The predicted octanol–water partition coefficient (Wildman–Crippen LogP) is 5.35. The van der Waals surface area contributed by atoms with E-state index in [1.807, 2.05) is 16.7 Å². The van der Waals surface area contributed by atoms with Gasteiger partial charge in [-0.25, -0.2) is 8.42 Å². The highest BCUT2D eigenvalue weighted by atomic mass is 35.5. The van der Waals surface area contributed by atoms with Crippen LogP contribution in [0.5, 0.6) is 0 Å². The summed E-state index contributed by atoms with van der Waals surface area (Å²) >= 11 is 6.32. The van der Waals surface area contributed by atoms with Crippen LogP contribution in [0.2, 0.25) is 5.02 Å². The first-order chi connectivity index (χ1) is 16.0. The monoisotopic (exact) mass is 501 g/mol. The van der Waals surface area contributed by atoms with Crippen LogP contribution in [0, 0.1) is 0 Å². The van der Waals surface area contributed by atoms with Gasteiger partial charge in [-0.2, -0.15) is 0 Å². The Hall–Kier alpha value is -2.42. The molecule has 0 spiro atoms. The molecule has 4 rings (SSSR count). The quantitative estimate of drug-likeness (QED) is 0.492. The van der Waals surface area contributed by atoms with E-state index in [2.05, 4.69) is 54.4 Å². The topological polar surface area (TPSA) is 80.1 Å². The average molecular weight is 502 g/mol. The zero-order valence-corrected chi connectivity index (χ0v) is 21.9. The van der Waals surface area contributed by atoms with Gasteiger partial charge in [-0.3, -0.25) is 9.62 Å². The molecule has 0 aliphatic carbocycles. The van der Waals surface area contributed by atoms with Crippen LogP contribution in [0.25, 0.3) is 11.4 Å². The maximum absolute atomic E-state index is 13.2. The van der Waals surface area contributed by atoms with Gasteiger partial charge in [0.15, 0.2) is 5.82 Å². The molecule has 182 valence electrons. The molecule has 0 bridgehead atoms. The van der Waals surface area contributed by atoms with Gasteiger partial charge in [0.1, 0.15) is 6.33 Å². The number of aromatic nitrogens is 3. The normalized spacial score (nSPS) is 17.4. The number of rotatable bonds is 6. The standard InChI is InChI=1S/C25H32ClN5O2S/c1-17(2)30-13-12-20(15-30)31-16-27-28-24(31)22-14-19(26)8-11-23(22)29-34(32,33)21-9-6-18(7-10-21)25(3,4)5/h6-11,14,16-17,20,29H,12-13,15H2,1-5H3. The minimum atomic E-state index is -3.81. The van der Waals surface area contributed by atoms with Crippen LogP contribution in [0.1, 0.15) is 52.6 Å². The van der Waals surface area contributed by atoms with E-state index in [9.17, 15) is 8.42 Å². The summed E-state index contributed by atoms with van der Waals surface area (Å²) in [7, 11) is -3.81. The minimum Gasteiger partial charge on any atom is -0.309 e. The van der Waals surface area contributed by atoms with Crippen molar-refractivity contribution >= 4 is 27.3 Å². The fourth-order valence-electron chi connectivity index (χ4n) is 4.30. The number of nitrogens with one attached hydrogen (secondary N) is 1. The van der Waals surface area contributed by atoms with Crippen LogP contribution < -0.4 is 4.72 Å². The maximum atomic E-state index is 13.2. The van der Waals surface area contributed by atoms with E-state index in [0.29, 0.717) is 28.1 Å². The Kier molecular flexibility index (Phi) is 6.77. The van der Waals surface area contributed by atoms with Crippen molar-refractivity contribution in [1.82, 2.24) is 19.7 Å². The van der Waals surface area contributed by atoms with Crippen molar-refractivity contribution in [1.29, 1.82) is 0 Å². The summed E-state index contributed by atoms with van der Waals surface area (Å²) in [5, 5.41) is 8.99. The van der Waals surface area contributed by atoms with Gasteiger partial charge in [-0.15, -0.1) is 10.2 Å². The highest BCUT2D eigenvalue weighted by Crippen LogP contribution is 2.34. The van der Waals surface area contributed by atoms with Crippen LogP contribution in [0.15, 0.2) is 53.7 Å². The predicted molar refractivity (Wildman–Crippen MR) is 137 cm³/mol. The Labute approximate surface area is 207 Å². The lowest BCUT2D eigenvalue weighted by Crippen LogP contribution is -2.28. The molecule has 1 fully saturated rings. The molecule has 1 aliphatic heterocycles. The van der Waals surface area contributed by atoms with Gasteiger partial charge in [0.05, 0.1) is 16.6 Å². The zero-order chi connectivity index (χ0) is 24.7. The number of hydrogen-bond donors (Lipinski definition) is 1. The number of hydrogen-bond acceptors (Lipinski definition) is 5. The Morgan fingerprint density at radius 3 is 2.44 bits per heavy atom. The van der Waals surface area contributed by atoms with Crippen molar-refractivity contribution in [3.8, 4) is 11.4 Å². The maximum Gasteiger partial charge on any atom is 0.261 e. The summed E-state index contributed by atoms with van der Waals surface area (Å²) in [6, 6.07) is 12.7. The first kappa shape index (κ1) is 24.7. The van der Waals surface area contributed by atoms with E-state index in [4.69, 9.17) is 11.6 Å². The van der Waals surface area contributed by atoms with Gasteiger partial charge in [-0.1, -0.05) is 44.5 Å². The van der Waals surface area contributed by atoms with Gasteiger partial charge < -0.3 is 4.57 Å². The highest BCUT2D eigenvalue weighted by molar-refractivity contribution is 7.92. The molecule has 1 unspecified atom stereocenters. The zero-order valence-electron chi connectivity index (χ0n) is 20.3. The number of nitrogens with zero attached hydrogens (tertiary/aromatic N) is 4. The molecule has 2 aromatic carbocycles. The van der Waals surface area contributed by atoms with Crippen molar-refractivity contribution in [2.75, 3.05) is 17.8 Å². The number of sulfonamides is 1. The van der Waals surface area contributed by atoms with E-state index in [1.54, 1.807) is 36.7 Å². The van der Waals surface area contributed by atoms with E-state index in [0.717, 1.165) is 25.1 Å². The molecule has 34 heavy (non-hydrogen) atoms. The van der Waals surface area contributed by atoms with Crippen LogP contribution in [-0.4, -0.2) is 47.2 Å². The number of likely N-dealkylation sites (tertiary alicyclic amines) is 1. The van der Waals surface area contributed by atoms with Gasteiger partial charge in [0.25, 0.3) is 10.0 Å². The first-order valence-corrected chi connectivity index (χ1v) is 13.4. The molecule has 1 atom stereocenters. The Morgan fingerprint density at radius 1 is 1.12 bits per heavy atom. The number of anilines is 1. The van der Waals surface area contributed by atoms with E-state index in [-0.39, 0.29) is 16.4 Å². The molecule has 1 aromatic heterocycles. The molecule has 3 aromatic rings. The Balaban J connectivity index is 1.66. The van der Waals surface area contributed by atoms with E-state index in [1.165, 1.54) is 0 Å². The van der Waals surface area contributed by atoms with Gasteiger partial charge in [0, 0.05) is 29.7 Å². The van der Waals surface area contributed by atoms with E-state index >= 15 is 0 Å². The van der Waals surface area contributed by atoms with Crippen molar-refractivity contribution in [2.24, 2.45) is 0 Å². The molecule has 1 saturated heterocycles. The van der Waals surface area contributed by atoms with Crippen LogP contribution in [0.3, 0.4) is 0 Å². The SMILES string of the molecule is CC(C)N1CCC(n2cnnc2-c2cc(Cl)ccc2NS(=O)(=O)c2ccc(C(C)(C)C)cc2)C1. The molecular formula is C25H32ClN5O2S. The third-order valence-corrected chi connectivity index (χ3v) is 8.01. The van der Waals surface area contributed by atoms with Crippen LogP contribution >= 0.6 is 11.6 Å². The highest BCUT2D eigenvalue weighted by Gasteiger charge is 2.28. The third kappa shape index (κ3) is 5.14. The average Bonchev–Trinajstić information content (AvgIpc) is 3.44. The van der Waals surface area contributed by atoms with Crippen molar-refractivity contribution in [3.05, 3.63) is 59.4 Å². The van der Waals surface area contributed by atoms with Gasteiger partial charge in [-0.05, 0) is 61.6 Å². The van der Waals surface area contributed by atoms with E-state index < -0.39 is 10.0 Å². The molecule has 1 N–H and O–H groups in total. The van der Waals surface area contributed by atoms with Crippen molar-refractivity contribution in [2.45, 2.75) is 63.4 Å². The summed E-state index contributed by atoms with van der Waals surface area (Å²) in [4.78, 5) is 2.61. The summed E-state index contributed by atoms with van der Waals surface area (Å²) in [6.45, 7) is 12.5. The number of halogens is 1. The lowest BCUT2D eigenvalue weighted by Gasteiger charge is -2.21. The second-order valence-electron chi connectivity index (χ2n) is 10.2. The molecule has 0 radical (unpaired) electrons. The van der Waals surface area contributed by atoms with Crippen LogP contribution in [-0.2, 0) is 15.4 Å².